The molecule has 0 atom stereocenters. The summed E-state index contributed by atoms with van der Waals surface area (Å²) in [7, 11) is 0. The molecule has 1 saturated carbocycles. The zero-order valence-corrected chi connectivity index (χ0v) is 18.6. The molecule has 2 heterocycles. The summed E-state index contributed by atoms with van der Waals surface area (Å²) in [5, 5.41) is 16.4. The zero-order valence-electron chi connectivity index (χ0n) is 17.1. The summed E-state index contributed by atoms with van der Waals surface area (Å²) < 4.78 is 38.7. The van der Waals surface area contributed by atoms with E-state index < -0.39 is 17.5 Å². The molecule has 0 aliphatic heterocycles. The molecule has 4 N–H and O–H groups in total. The van der Waals surface area contributed by atoms with Gasteiger partial charge in [-0.2, -0.15) is 13.2 Å². The number of hydrogen-bond donors (Lipinski definition) is 3. The number of rotatable bonds is 5. The minimum absolute atomic E-state index is 0.225. The number of nitrogens with zero attached hydrogens (tertiary/aromatic N) is 3. The molecule has 12 heteroatoms. The Balaban J connectivity index is 1.56. The number of alkyl halides is 3. The molecule has 0 spiro atoms. The number of anilines is 2. The number of halogens is 4. The first-order valence-corrected chi connectivity index (χ1v) is 11.3. The van der Waals surface area contributed by atoms with Crippen LogP contribution in [0.4, 0.5) is 24.8 Å². The lowest BCUT2D eigenvalue weighted by molar-refractivity contribution is -0.141. The summed E-state index contributed by atoms with van der Waals surface area (Å²) in [5.41, 5.74) is 4.71. The van der Waals surface area contributed by atoms with Gasteiger partial charge >= 0.3 is 6.18 Å². The van der Waals surface area contributed by atoms with E-state index in [1.54, 1.807) is 17.5 Å². The van der Waals surface area contributed by atoms with Crippen molar-refractivity contribution in [1.82, 2.24) is 15.0 Å². The fraction of sp³-hybridized carbons (Fsp3) is 0.333. The largest absolute Gasteiger partial charge is 0.433 e. The van der Waals surface area contributed by atoms with Crippen molar-refractivity contribution < 1.29 is 23.1 Å². The van der Waals surface area contributed by atoms with Crippen molar-refractivity contribution in [1.29, 1.82) is 0 Å². The Morgan fingerprint density at radius 2 is 1.97 bits per heavy atom. The van der Waals surface area contributed by atoms with Crippen LogP contribution >= 0.6 is 22.9 Å². The normalized spacial score (nSPS) is 21.1. The topological polar surface area (TPSA) is 114 Å². The first kappa shape index (κ1) is 23.4. The second-order valence-electron chi connectivity index (χ2n) is 7.86. The number of primary amides is 1. The molecule has 33 heavy (non-hydrogen) atoms. The SMILES string of the molecule is NC(=O)[C@H]1CC[C@](O)(c2nc(-c3cc(Cl)cc(Nc4nccc(C(F)(F)F)n4)c3)cs2)CC1. The molecular weight excluding hydrogens is 479 g/mol. The van der Waals surface area contributed by atoms with Crippen LogP contribution < -0.4 is 11.1 Å². The highest BCUT2D eigenvalue weighted by atomic mass is 35.5. The Bertz CT molecular complexity index is 1180. The molecule has 0 unspecified atom stereocenters. The number of amides is 1. The second-order valence-corrected chi connectivity index (χ2v) is 9.16. The van der Waals surface area contributed by atoms with Crippen molar-refractivity contribution in [3.63, 3.8) is 0 Å². The third-order valence-corrected chi connectivity index (χ3v) is 6.77. The maximum Gasteiger partial charge on any atom is 0.433 e. The molecule has 3 aromatic rings. The molecule has 2 aromatic heterocycles. The number of hydrogen-bond acceptors (Lipinski definition) is 7. The summed E-state index contributed by atoms with van der Waals surface area (Å²) in [5.74, 6) is -0.831. The lowest BCUT2D eigenvalue weighted by atomic mass is 9.79. The van der Waals surface area contributed by atoms with Gasteiger partial charge in [-0.25, -0.2) is 15.0 Å². The lowest BCUT2D eigenvalue weighted by Gasteiger charge is -2.33. The molecule has 0 saturated heterocycles. The van der Waals surface area contributed by atoms with Crippen molar-refractivity contribution in [2.24, 2.45) is 11.7 Å². The van der Waals surface area contributed by atoms with Crippen LogP contribution in [-0.4, -0.2) is 26.0 Å². The van der Waals surface area contributed by atoms with E-state index in [-0.39, 0.29) is 17.8 Å². The third kappa shape index (κ3) is 5.26. The number of carbonyl (C=O) groups excluding carboxylic acids is 1. The highest BCUT2D eigenvalue weighted by molar-refractivity contribution is 7.10. The molecule has 1 fully saturated rings. The minimum atomic E-state index is -4.59. The predicted molar refractivity (Wildman–Crippen MR) is 118 cm³/mol. The van der Waals surface area contributed by atoms with Crippen molar-refractivity contribution in [3.8, 4) is 11.3 Å². The van der Waals surface area contributed by atoms with E-state index in [4.69, 9.17) is 17.3 Å². The third-order valence-electron chi connectivity index (χ3n) is 5.51. The van der Waals surface area contributed by atoms with Crippen molar-refractivity contribution in [2.75, 3.05) is 5.32 Å². The molecule has 0 bridgehead atoms. The summed E-state index contributed by atoms with van der Waals surface area (Å²) in [6, 6.07) is 5.63. The van der Waals surface area contributed by atoms with Gasteiger partial charge in [0.2, 0.25) is 11.9 Å². The molecule has 174 valence electrons. The monoisotopic (exact) mass is 497 g/mol. The number of thiazole rings is 1. The second kappa shape index (κ2) is 8.88. The first-order chi connectivity index (χ1) is 15.5. The van der Waals surface area contributed by atoms with E-state index in [0.29, 0.717) is 52.7 Å². The summed E-state index contributed by atoms with van der Waals surface area (Å²) >= 11 is 7.51. The number of nitrogens with one attached hydrogen (secondary N) is 1. The molecule has 7 nitrogen and oxygen atoms in total. The minimum Gasteiger partial charge on any atom is -0.383 e. The lowest BCUT2D eigenvalue weighted by Crippen LogP contribution is -2.35. The van der Waals surface area contributed by atoms with E-state index in [2.05, 4.69) is 20.3 Å². The summed E-state index contributed by atoms with van der Waals surface area (Å²) in [6.45, 7) is 0. The van der Waals surface area contributed by atoms with E-state index in [1.807, 2.05) is 0 Å². The Morgan fingerprint density at radius 3 is 2.64 bits per heavy atom. The summed E-state index contributed by atoms with van der Waals surface area (Å²) in [4.78, 5) is 23.3. The van der Waals surface area contributed by atoms with Gasteiger partial charge in [0.15, 0.2) is 0 Å². The van der Waals surface area contributed by atoms with Crippen LogP contribution in [0.2, 0.25) is 5.02 Å². The van der Waals surface area contributed by atoms with Crippen LogP contribution in [0.5, 0.6) is 0 Å². The zero-order chi connectivity index (χ0) is 23.8. The van der Waals surface area contributed by atoms with Gasteiger partial charge in [-0.3, -0.25) is 4.79 Å². The molecule has 1 aliphatic carbocycles. The Labute approximate surface area is 195 Å². The first-order valence-electron chi connectivity index (χ1n) is 9.99. The maximum absolute atomic E-state index is 12.9. The average molecular weight is 498 g/mol. The fourth-order valence-electron chi connectivity index (χ4n) is 3.73. The Hall–Kier alpha value is -2.76. The molecule has 1 aromatic carbocycles. The quantitative estimate of drug-likeness (QED) is 0.463. The Kier molecular flexibility index (Phi) is 6.30. The molecule has 1 aliphatic rings. The van der Waals surface area contributed by atoms with Gasteiger partial charge in [0, 0.05) is 33.8 Å². The van der Waals surface area contributed by atoms with Gasteiger partial charge in [-0.1, -0.05) is 11.6 Å². The van der Waals surface area contributed by atoms with Crippen LogP contribution in [0, 0.1) is 5.92 Å². The molecular formula is C21H19ClF3N5O2S. The van der Waals surface area contributed by atoms with Crippen LogP contribution in [0.25, 0.3) is 11.3 Å². The van der Waals surface area contributed by atoms with E-state index in [1.165, 1.54) is 17.4 Å². The van der Waals surface area contributed by atoms with Crippen molar-refractivity contribution >= 4 is 40.5 Å². The number of aromatic nitrogens is 3. The standard InChI is InChI=1S/C21H19ClF3N5O2S/c22-13-7-12(8-14(9-13)28-19-27-6-3-16(30-19)21(23,24)25)15-10-33-18(29-15)20(32)4-1-11(2-5-20)17(26)31/h3,6-11,32H,1-2,4-5H2,(H2,26,31)(H,27,28,30)/t11-,20+. The number of benzene rings is 1. The van der Waals surface area contributed by atoms with Crippen LogP contribution in [0.15, 0.2) is 35.8 Å². The number of aliphatic hydroxyl groups is 1. The van der Waals surface area contributed by atoms with Crippen LogP contribution in [-0.2, 0) is 16.6 Å². The van der Waals surface area contributed by atoms with Crippen molar-refractivity contribution in [3.05, 3.63) is 51.6 Å². The van der Waals surface area contributed by atoms with Crippen LogP contribution in [0.3, 0.4) is 0 Å². The molecule has 1 amide bonds. The molecule has 4 rings (SSSR count). The average Bonchev–Trinajstić information content (AvgIpc) is 3.25. The maximum atomic E-state index is 12.9. The Morgan fingerprint density at radius 1 is 1.24 bits per heavy atom. The van der Waals surface area contributed by atoms with Gasteiger partial charge < -0.3 is 16.2 Å². The van der Waals surface area contributed by atoms with Gasteiger partial charge in [-0.15, -0.1) is 11.3 Å². The highest BCUT2D eigenvalue weighted by Crippen LogP contribution is 2.42. The van der Waals surface area contributed by atoms with Gasteiger partial charge in [0.1, 0.15) is 16.3 Å². The van der Waals surface area contributed by atoms with E-state index >= 15 is 0 Å². The fourth-order valence-corrected chi connectivity index (χ4v) is 4.95. The summed E-state index contributed by atoms with van der Waals surface area (Å²) in [6.07, 6.45) is -1.84. The highest BCUT2D eigenvalue weighted by Gasteiger charge is 2.39. The number of carbonyl (C=O) groups is 1. The van der Waals surface area contributed by atoms with Gasteiger partial charge in [0.25, 0.3) is 0 Å². The number of nitrogens with two attached hydrogens (primary N) is 1. The smallest absolute Gasteiger partial charge is 0.383 e. The molecule has 0 radical (unpaired) electrons. The van der Waals surface area contributed by atoms with Gasteiger partial charge in [0.05, 0.1) is 5.69 Å². The predicted octanol–water partition coefficient (Wildman–Crippen LogP) is 4.88. The van der Waals surface area contributed by atoms with Gasteiger partial charge in [-0.05, 0) is 49.9 Å². The van der Waals surface area contributed by atoms with E-state index in [0.717, 1.165) is 12.3 Å². The van der Waals surface area contributed by atoms with Crippen LogP contribution in [0.1, 0.15) is 36.4 Å². The van der Waals surface area contributed by atoms with E-state index in [9.17, 15) is 23.1 Å². The van der Waals surface area contributed by atoms with Crippen molar-refractivity contribution in [2.45, 2.75) is 37.5 Å².